The Bertz CT molecular complexity index is 1930. The van der Waals surface area contributed by atoms with Gasteiger partial charge in [-0.2, -0.15) is 0 Å². The maximum Gasteiger partial charge on any atom is 0.308 e. The molecule has 6 aromatic rings. The summed E-state index contributed by atoms with van der Waals surface area (Å²) in [7, 11) is 0. The molecule has 6 aromatic carbocycles. The molecule has 0 fully saturated rings. The van der Waals surface area contributed by atoms with E-state index in [1.165, 1.54) is 11.1 Å². The summed E-state index contributed by atoms with van der Waals surface area (Å²) in [6.45, 7) is 8.40. The summed E-state index contributed by atoms with van der Waals surface area (Å²) in [6.07, 6.45) is 0.772. The van der Waals surface area contributed by atoms with E-state index in [-0.39, 0.29) is 18.5 Å². The fourth-order valence-corrected chi connectivity index (χ4v) is 5.74. The molecular weight excluding hydrogens is 588 g/mol. The van der Waals surface area contributed by atoms with E-state index in [1.807, 2.05) is 32.0 Å². The average Bonchev–Trinajstić information content (AvgIpc) is 3.13. The number of hydrogen-bond acceptors (Lipinski definition) is 4. The van der Waals surface area contributed by atoms with Gasteiger partial charge < -0.3 is 14.5 Å². The second kappa shape index (κ2) is 14.9. The van der Waals surface area contributed by atoms with Crippen molar-refractivity contribution in [1.82, 2.24) is 0 Å². The van der Waals surface area contributed by atoms with Crippen molar-refractivity contribution in [2.45, 2.75) is 40.7 Å². The molecule has 4 nitrogen and oxygen atoms in total. The molecule has 0 N–H and O–H groups in total. The van der Waals surface area contributed by atoms with Crippen LogP contribution in [0.15, 0.2) is 152 Å². The van der Waals surface area contributed by atoms with E-state index in [9.17, 15) is 4.79 Å². The van der Waals surface area contributed by atoms with Gasteiger partial charge in [0, 0.05) is 34.1 Å². The highest BCUT2D eigenvalue weighted by Gasteiger charge is 2.16. The molecule has 0 bridgehead atoms. The van der Waals surface area contributed by atoms with Crippen LogP contribution < -0.4 is 9.80 Å². The maximum absolute atomic E-state index is 12.2. The summed E-state index contributed by atoms with van der Waals surface area (Å²) in [5, 5.41) is 0. The van der Waals surface area contributed by atoms with Gasteiger partial charge in [-0.15, -0.1) is 0 Å². The molecule has 0 spiro atoms. The van der Waals surface area contributed by atoms with Gasteiger partial charge >= 0.3 is 5.97 Å². The molecule has 0 heterocycles. The molecule has 0 saturated carbocycles. The first-order valence-electron chi connectivity index (χ1n) is 16.6. The van der Waals surface area contributed by atoms with Gasteiger partial charge in [-0.3, -0.25) is 4.79 Å². The Morgan fingerprint density at radius 2 is 1.00 bits per heavy atom. The number of carbonyl (C=O) groups excluding carboxylic acids is 1. The van der Waals surface area contributed by atoms with Crippen LogP contribution in [0.3, 0.4) is 0 Å². The topological polar surface area (TPSA) is 32.8 Å². The lowest BCUT2D eigenvalue weighted by Gasteiger charge is -2.26. The molecule has 4 heteroatoms. The molecule has 0 aliphatic carbocycles. The van der Waals surface area contributed by atoms with E-state index in [0.29, 0.717) is 0 Å². The fraction of sp³-hybridized carbons (Fsp3) is 0.159. The summed E-state index contributed by atoms with van der Waals surface area (Å²) in [5.74, 6) is -0.248. The standard InChI is InChI=1S/C44H42N2O2/c1-5-34(4)44(47)48-31-35-16-24-40(25-17-35)46(43-13-9-10-33(3)30-43)42-28-20-37(21-29-42)36-18-26-41(27-19-36)45(38-11-7-6-8-12-38)39-22-14-32(2)15-23-39/h6-30,34H,5,31H2,1-4H3. The van der Waals surface area contributed by atoms with Gasteiger partial charge in [0.15, 0.2) is 0 Å². The zero-order valence-electron chi connectivity index (χ0n) is 28.1. The van der Waals surface area contributed by atoms with Crippen LogP contribution in [-0.2, 0) is 16.1 Å². The Morgan fingerprint density at radius 1 is 0.542 bits per heavy atom. The Morgan fingerprint density at radius 3 is 1.52 bits per heavy atom. The van der Waals surface area contributed by atoms with Crippen LogP contribution in [-0.4, -0.2) is 5.97 Å². The zero-order chi connectivity index (χ0) is 33.5. The molecule has 0 aliphatic heterocycles. The lowest BCUT2D eigenvalue weighted by Crippen LogP contribution is -2.14. The van der Waals surface area contributed by atoms with Crippen molar-refractivity contribution < 1.29 is 9.53 Å². The van der Waals surface area contributed by atoms with Crippen molar-refractivity contribution in [1.29, 1.82) is 0 Å². The van der Waals surface area contributed by atoms with E-state index >= 15 is 0 Å². The van der Waals surface area contributed by atoms with Crippen LogP contribution in [0.5, 0.6) is 0 Å². The summed E-state index contributed by atoms with van der Waals surface area (Å²) < 4.78 is 5.54. The van der Waals surface area contributed by atoms with Gasteiger partial charge in [0.05, 0.1) is 5.92 Å². The predicted octanol–water partition coefficient (Wildman–Crippen LogP) is 12.0. The van der Waals surface area contributed by atoms with Crippen LogP contribution in [0.2, 0.25) is 0 Å². The minimum atomic E-state index is -0.155. The first-order valence-corrected chi connectivity index (χ1v) is 16.6. The van der Waals surface area contributed by atoms with Gasteiger partial charge in [-0.1, -0.05) is 98.3 Å². The van der Waals surface area contributed by atoms with Gasteiger partial charge in [0.25, 0.3) is 0 Å². The molecule has 0 aliphatic rings. The van der Waals surface area contributed by atoms with Crippen LogP contribution >= 0.6 is 0 Å². The monoisotopic (exact) mass is 630 g/mol. The van der Waals surface area contributed by atoms with Gasteiger partial charge in [0.2, 0.25) is 0 Å². The Labute approximate surface area is 284 Å². The molecule has 6 rings (SSSR count). The van der Waals surface area contributed by atoms with Gasteiger partial charge in [-0.05, 0) is 115 Å². The number of carbonyl (C=O) groups is 1. The molecule has 0 saturated heterocycles. The minimum absolute atomic E-state index is 0.0929. The number of benzene rings is 6. The number of hydrogen-bond donors (Lipinski definition) is 0. The molecular formula is C44H42N2O2. The predicted molar refractivity (Wildman–Crippen MR) is 200 cm³/mol. The average molecular weight is 631 g/mol. The van der Waals surface area contributed by atoms with E-state index in [2.05, 4.69) is 157 Å². The highest BCUT2D eigenvalue weighted by molar-refractivity contribution is 5.81. The van der Waals surface area contributed by atoms with Gasteiger partial charge in [-0.25, -0.2) is 0 Å². The third kappa shape index (κ3) is 7.50. The third-order valence-electron chi connectivity index (χ3n) is 8.74. The Hall–Kier alpha value is -5.61. The Balaban J connectivity index is 1.26. The summed E-state index contributed by atoms with van der Waals surface area (Å²) in [6, 6.07) is 53.4. The van der Waals surface area contributed by atoms with Crippen molar-refractivity contribution in [2.75, 3.05) is 9.80 Å². The second-order valence-electron chi connectivity index (χ2n) is 12.4. The Kier molecular flexibility index (Phi) is 10.0. The van der Waals surface area contributed by atoms with Crippen molar-refractivity contribution in [3.63, 3.8) is 0 Å². The highest BCUT2D eigenvalue weighted by Crippen LogP contribution is 2.38. The molecule has 0 aromatic heterocycles. The summed E-state index contributed by atoms with van der Waals surface area (Å²) in [4.78, 5) is 16.7. The molecule has 1 unspecified atom stereocenters. The van der Waals surface area contributed by atoms with Crippen LogP contribution in [0, 0.1) is 19.8 Å². The van der Waals surface area contributed by atoms with Crippen LogP contribution in [0.1, 0.15) is 37.0 Å². The zero-order valence-corrected chi connectivity index (χ0v) is 28.1. The summed E-state index contributed by atoms with van der Waals surface area (Å²) >= 11 is 0. The SMILES string of the molecule is CCC(C)C(=O)OCc1ccc(N(c2ccc(-c3ccc(N(c4ccccc4)c4ccc(C)cc4)cc3)cc2)c2cccc(C)c2)cc1. The number of anilines is 6. The molecule has 48 heavy (non-hydrogen) atoms. The number of nitrogens with zero attached hydrogens (tertiary/aromatic N) is 2. The van der Waals surface area contributed by atoms with Crippen LogP contribution in [0.25, 0.3) is 11.1 Å². The first kappa shape index (κ1) is 32.3. The van der Waals surface area contributed by atoms with Gasteiger partial charge in [0.1, 0.15) is 6.61 Å². The maximum atomic E-state index is 12.2. The number of esters is 1. The number of rotatable bonds is 11. The number of aryl methyl sites for hydroxylation is 2. The van der Waals surface area contributed by atoms with Crippen molar-refractivity contribution in [3.8, 4) is 11.1 Å². The molecule has 240 valence electrons. The lowest BCUT2D eigenvalue weighted by atomic mass is 10.0. The largest absolute Gasteiger partial charge is 0.461 e. The number of ether oxygens (including phenoxy) is 1. The van der Waals surface area contributed by atoms with Crippen molar-refractivity contribution in [3.05, 3.63) is 168 Å². The lowest BCUT2D eigenvalue weighted by molar-refractivity contribution is -0.149. The van der Waals surface area contributed by atoms with E-state index in [1.54, 1.807) is 0 Å². The normalized spacial score (nSPS) is 11.5. The van der Waals surface area contributed by atoms with Crippen LogP contribution in [0.4, 0.5) is 34.1 Å². The third-order valence-corrected chi connectivity index (χ3v) is 8.74. The molecule has 1 atom stereocenters. The fourth-order valence-electron chi connectivity index (χ4n) is 5.74. The minimum Gasteiger partial charge on any atom is -0.461 e. The molecule has 0 radical (unpaired) electrons. The quantitative estimate of drug-likeness (QED) is 0.133. The van der Waals surface area contributed by atoms with E-state index < -0.39 is 0 Å². The number of para-hydroxylation sites is 1. The van der Waals surface area contributed by atoms with Crippen molar-refractivity contribution in [2.24, 2.45) is 5.92 Å². The summed E-state index contributed by atoms with van der Waals surface area (Å²) in [5.41, 5.74) is 12.2. The van der Waals surface area contributed by atoms with E-state index in [4.69, 9.17) is 4.74 Å². The van der Waals surface area contributed by atoms with E-state index in [0.717, 1.165) is 57.2 Å². The first-order chi connectivity index (χ1) is 23.4. The smallest absolute Gasteiger partial charge is 0.308 e. The van der Waals surface area contributed by atoms with Crippen molar-refractivity contribution >= 4 is 40.1 Å². The highest BCUT2D eigenvalue weighted by atomic mass is 16.5. The molecule has 0 amide bonds. The second-order valence-corrected chi connectivity index (χ2v) is 12.4.